The molecule has 1 aromatic carbocycles. The summed E-state index contributed by atoms with van der Waals surface area (Å²) in [7, 11) is 0. The smallest absolute Gasteiger partial charge is 0.0107 e. The Kier molecular flexibility index (Phi) is 9.56. The van der Waals surface area contributed by atoms with Crippen molar-refractivity contribution in [3.8, 4) is 0 Å². The van der Waals surface area contributed by atoms with Gasteiger partial charge in [-0.2, -0.15) is 0 Å². The van der Waals surface area contributed by atoms with Crippen LogP contribution in [0.1, 0.15) is 12.0 Å². The van der Waals surface area contributed by atoms with Gasteiger partial charge in [0.2, 0.25) is 0 Å². The molecule has 0 spiro atoms. The highest BCUT2D eigenvalue weighted by Crippen LogP contribution is 2.02. The maximum atomic E-state index is 3.43. The minimum absolute atomic E-state index is 0. The number of rotatable bonds is 3. The fraction of sp³-hybridized carbons (Fsp3) is 0.538. The molecule has 0 atom stereocenters. The lowest BCUT2D eigenvalue weighted by Crippen LogP contribution is -2.30. The van der Waals surface area contributed by atoms with Crippen molar-refractivity contribution in [2.75, 3.05) is 32.7 Å². The van der Waals surface area contributed by atoms with E-state index in [1.807, 2.05) is 0 Å². The van der Waals surface area contributed by atoms with E-state index in [4.69, 9.17) is 0 Å². The molecule has 17 heavy (non-hydrogen) atoms. The van der Waals surface area contributed by atoms with Crippen LogP contribution < -0.4 is 5.32 Å². The van der Waals surface area contributed by atoms with E-state index in [0.29, 0.717) is 0 Å². The summed E-state index contributed by atoms with van der Waals surface area (Å²) in [5.74, 6) is 0. The van der Waals surface area contributed by atoms with Gasteiger partial charge in [-0.15, -0.1) is 24.8 Å². The molecule has 98 valence electrons. The van der Waals surface area contributed by atoms with Crippen molar-refractivity contribution in [1.29, 1.82) is 0 Å². The molecule has 1 fully saturated rings. The van der Waals surface area contributed by atoms with Crippen LogP contribution in [0.3, 0.4) is 0 Å². The van der Waals surface area contributed by atoms with Gasteiger partial charge in [0.05, 0.1) is 0 Å². The lowest BCUT2D eigenvalue weighted by atomic mass is 10.1. The Morgan fingerprint density at radius 2 is 1.76 bits per heavy atom. The topological polar surface area (TPSA) is 15.3 Å². The largest absolute Gasteiger partial charge is 0.315 e. The first-order chi connectivity index (χ1) is 7.45. The Bertz CT molecular complexity index is 272. The molecule has 0 aliphatic carbocycles. The minimum atomic E-state index is 0. The third kappa shape index (κ3) is 6.27. The molecule has 1 saturated heterocycles. The van der Waals surface area contributed by atoms with Crippen molar-refractivity contribution in [1.82, 2.24) is 10.2 Å². The molecule has 1 aliphatic rings. The van der Waals surface area contributed by atoms with E-state index in [2.05, 4.69) is 40.5 Å². The molecule has 4 heteroatoms. The maximum absolute atomic E-state index is 3.43. The first-order valence-electron chi connectivity index (χ1n) is 5.92. The number of halogens is 2. The molecule has 0 bridgehead atoms. The summed E-state index contributed by atoms with van der Waals surface area (Å²) in [5.41, 5.74) is 1.45. The zero-order chi connectivity index (χ0) is 10.3. The molecule has 1 heterocycles. The van der Waals surface area contributed by atoms with Crippen LogP contribution in [-0.2, 0) is 6.42 Å². The molecule has 2 nitrogen and oxygen atoms in total. The van der Waals surface area contributed by atoms with Gasteiger partial charge in [0.15, 0.2) is 0 Å². The minimum Gasteiger partial charge on any atom is -0.315 e. The van der Waals surface area contributed by atoms with Gasteiger partial charge in [-0.05, 0) is 31.5 Å². The molecule has 1 aromatic rings. The van der Waals surface area contributed by atoms with Crippen molar-refractivity contribution in [2.24, 2.45) is 0 Å². The summed E-state index contributed by atoms with van der Waals surface area (Å²) >= 11 is 0. The molecular formula is C13H22Cl2N2. The van der Waals surface area contributed by atoms with E-state index in [9.17, 15) is 0 Å². The van der Waals surface area contributed by atoms with Crippen LogP contribution in [0.15, 0.2) is 30.3 Å². The van der Waals surface area contributed by atoms with Crippen molar-refractivity contribution < 1.29 is 0 Å². The van der Waals surface area contributed by atoms with Gasteiger partial charge in [-0.3, -0.25) is 0 Å². The molecule has 1 N–H and O–H groups in total. The predicted octanol–water partition coefficient (Wildman–Crippen LogP) is 2.37. The zero-order valence-corrected chi connectivity index (χ0v) is 11.7. The van der Waals surface area contributed by atoms with Crippen molar-refractivity contribution in [3.05, 3.63) is 35.9 Å². The summed E-state index contributed by atoms with van der Waals surface area (Å²) in [6.07, 6.45) is 2.47. The summed E-state index contributed by atoms with van der Waals surface area (Å²) in [6.45, 7) is 5.98. The van der Waals surface area contributed by atoms with Crippen LogP contribution in [0, 0.1) is 0 Å². The van der Waals surface area contributed by atoms with Gasteiger partial charge >= 0.3 is 0 Å². The van der Waals surface area contributed by atoms with Crippen molar-refractivity contribution in [2.45, 2.75) is 12.8 Å². The monoisotopic (exact) mass is 276 g/mol. The quantitative estimate of drug-likeness (QED) is 0.912. The molecule has 0 amide bonds. The van der Waals surface area contributed by atoms with Crippen LogP contribution in [0.5, 0.6) is 0 Å². The van der Waals surface area contributed by atoms with E-state index >= 15 is 0 Å². The van der Waals surface area contributed by atoms with Gasteiger partial charge in [0.25, 0.3) is 0 Å². The Hall–Kier alpha value is -0.280. The third-order valence-electron chi connectivity index (χ3n) is 2.99. The fourth-order valence-electron chi connectivity index (χ4n) is 2.06. The van der Waals surface area contributed by atoms with Gasteiger partial charge in [-0.25, -0.2) is 0 Å². The molecule has 2 rings (SSSR count). The van der Waals surface area contributed by atoms with E-state index < -0.39 is 0 Å². The molecular weight excluding hydrogens is 255 g/mol. The highest BCUT2D eigenvalue weighted by Gasteiger charge is 2.07. The van der Waals surface area contributed by atoms with Crippen LogP contribution in [-0.4, -0.2) is 37.6 Å². The molecule has 0 aromatic heterocycles. The second kappa shape index (κ2) is 9.72. The summed E-state index contributed by atoms with van der Waals surface area (Å²) in [6, 6.07) is 10.8. The van der Waals surface area contributed by atoms with Crippen LogP contribution in [0.2, 0.25) is 0 Å². The number of hydrogen-bond donors (Lipinski definition) is 1. The average Bonchev–Trinajstić information content (AvgIpc) is 2.56. The van der Waals surface area contributed by atoms with Crippen molar-refractivity contribution >= 4 is 24.8 Å². The van der Waals surface area contributed by atoms with Crippen molar-refractivity contribution in [3.63, 3.8) is 0 Å². The summed E-state index contributed by atoms with van der Waals surface area (Å²) in [4.78, 5) is 2.56. The number of nitrogens with zero attached hydrogens (tertiary/aromatic N) is 1. The van der Waals surface area contributed by atoms with E-state index in [-0.39, 0.29) is 24.8 Å². The lowest BCUT2D eigenvalue weighted by molar-refractivity contribution is 0.296. The van der Waals surface area contributed by atoms with Gasteiger partial charge in [-0.1, -0.05) is 30.3 Å². The highest BCUT2D eigenvalue weighted by molar-refractivity contribution is 5.85. The fourth-order valence-corrected chi connectivity index (χ4v) is 2.06. The van der Waals surface area contributed by atoms with Gasteiger partial charge in [0.1, 0.15) is 0 Å². The van der Waals surface area contributed by atoms with E-state index in [1.54, 1.807) is 0 Å². The first-order valence-corrected chi connectivity index (χ1v) is 5.92. The first kappa shape index (κ1) is 16.7. The van der Waals surface area contributed by atoms with Crippen LogP contribution in [0.25, 0.3) is 0 Å². The summed E-state index contributed by atoms with van der Waals surface area (Å²) in [5, 5.41) is 3.43. The van der Waals surface area contributed by atoms with Crippen LogP contribution in [0.4, 0.5) is 0 Å². The SMILES string of the molecule is Cl.Cl.c1ccc(CCN2CCCNCC2)cc1. The predicted molar refractivity (Wildman–Crippen MR) is 78.6 cm³/mol. The van der Waals surface area contributed by atoms with Gasteiger partial charge in [0, 0.05) is 19.6 Å². The Labute approximate surface area is 117 Å². The summed E-state index contributed by atoms with van der Waals surface area (Å²) < 4.78 is 0. The molecule has 0 saturated carbocycles. The number of hydrogen-bond acceptors (Lipinski definition) is 2. The zero-order valence-electron chi connectivity index (χ0n) is 10.1. The standard InChI is InChI=1S/C13H20N2.2ClH/c1-2-5-13(6-3-1)7-11-15-10-4-8-14-9-12-15;;/h1-3,5-6,14H,4,7-12H2;2*1H. The Morgan fingerprint density at radius 1 is 1.00 bits per heavy atom. The maximum Gasteiger partial charge on any atom is 0.0107 e. The number of nitrogens with one attached hydrogen (secondary N) is 1. The second-order valence-corrected chi connectivity index (χ2v) is 4.18. The molecule has 1 aliphatic heterocycles. The highest BCUT2D eigenvalue weighted by atomic mass is 35.5. The van der Waals surface area contributed by atoms with E-state index in [0.717, 1.165) is 6.54 Å². The molecule has 0 unspecified atom stereocenters. The third-order valence-corrected chi connectivity index (χ3v) is 2.99. The van der Waals surface area contributed by atoms with E-state index in [1.165, 1.54) is 44.6 Å². The normalized spacial score (nSPS) is 16.5. The molecule has 0 radical (unpaired) electrons. The second-order valence-electron chi connectivity index (χ2n) is 4.18. The lowest BCUT2D eigenvalue weighted by Gasteiger charge is -2.19. The Morgan fingerprint density at radius 3 is 2.53 bits per heavy atom. The average molecular weight is 277 g/mol. The Balaban J connectivity index is 0.00000128. The van der Waals surface area contributed by atoms with Crippen LogP contribution >= 0.6 is 24.8 Å². The number of benzene rings is 1. The van der Waals surface area contributed by atoms with Gasteiger partial charge < -0.3 is 10.2 Å².